The Morgan fingerprint density at radius 2 is 2.38 bits per heavy atom. The number of nitrogens with one attached hydrogen (secondary N) is 1. The van der Waals surface area contributed by atoms with E-state index >= 15 is 0 Å². The lowest BCUT2D eigenvalue weighted by Crippen LogP contribution is -2.24. The van der Waals surface area contributed by atoms with E-state index in [9.17, 15) is 4.39 Å². The molecule has 0 saturated carbocycles. The average molecular weight is 120 g/mol. The molecule has 8 heavy (non-hydrogen) atoms. The summed E-state index contributed by atoms with van der Waals surface area (Å²) in [7, 11) is 0. The minimum Gasteiger partial charge on any atom is -0.271 e. The van der Waals surface area contributed by atoms with Gasteiger partial charge in [-0.2, -0.15) is 0 Å². The minimum atomic E-state index is -0.248. The fourth-order valence-electron chi connectivity index (χ4n) is 0.407. The Bertz CT molecular complexity index is 49.7. The van der Waals surface area contributed by atoms with Crippen LogP contribution in [-0.2, 0) is 0 Å². The predicted octanol–water partition coefficient (Wildman–Crippen LogP) is 0.445. The first kappa shape index (κ1) is 7.85. The van der Waals surface area contributed by atoms with Crippen molar-refractivity contribution in [2.24, 2.45) is 11.8 Å². The molecule has 0 heterocycles. The highest BCUT2D eigenvalue weighted by molar-refractivity contribution is 4.50. The number of alkyl halides is 1. The van der Waals surface area contributed by atoms with E-state index in [0.717, 1.165) is 6.42 Å². The minimum absolute atomic E-state index is 0.144. The molecule has 1 atom stereocenters. The molecule has 0 radical (unpaired) electrons. The lowest BCUT2D eigenvalue weighted by Gasteiger charge is -2.03. The lowest BCUT2D eigenvalue weighted by atomic mass is 10.1. The van der Waals surface area contributed by atoms with E-state index in [4.69, 9.17) is 5.84 Å². The van der Waals surface area contributed by atoms with Crippen molar-refractivity contribution in [3.63, 3.8) is 0 Å². The Morgan fingerprint density at radius 1 is 1.75 bits per heavy atom. The smallest absolute Gasteiger partial charge is 0.0920 e. The third-order valence-corrected chi connectivity index (χ3v) is 1.04. The number of rotatable bonds is 4. The monoisotopic (exact) mass is 120 g/mol. The van der Waals surface area contributed by atoms with Gasteiger partial charge in [-0.25, -0.2) is 0 Å². The molecule has 0 aliphatic carbocycles. The third-order valence-electron chi connectivity index (χ3n) is 1.04. The summed E-state index contributed by atoms with van der Waals surface area (Å²) in [6.07, 6.45) is 0.812. The molecule has 50 valence electrons. The first-order valence-corrected chi connectivity index (χ1v) is 2.80. The normalized spacial score (nSPS) is 13.9. The van der Waals surface area contributed by atoms with E-state index in [1.54, 1.807) is 0 Å². The van der Waals surface area contributed by atoms with Crippen molar-refractivity contribution in [3.05, 3.63) is 0 Å². The third kappa shape index (κ3) is 4.02. The van der Waals surface area contributed by atoms with E-state index in [2.05, 4.69) is 5.43 Å². The van der Waals surface area contributed by atoms with Gasteiger partial charge in [0.15, 0.2) is 0 Å². The molecule has 2 nitrogen and oxygen atoms in total. The average Bonchev–Trinajstić information content (AvgIpc) is 1.83. The second-order valence-corrected chi connectivity index (χ2v) is 2.00. The second-order valence-electron chi connectivity index (χ2n) is 2.00. The van der Waals surface area contributed by atoms with E-state index in [0.29, 0.717) is 6.54 Å². The highest BCUT2D eigenvalue weighted by atomic mass is 19.1. The molecule has 0 unspecified atom stereocenters. The predicted molar refractivity (Wildman–Crippen MR) is 31.9 cm³/mol. The van der Waals surface area contributed by atoms with Gasteiger partial charge in [-0.1, -0.05) is 6.92 Å². The van der Waals surface area contributed by atoms with Crippen LogP contribution in [0.3, 0.4) is 0 Å². The van der Waals surface area contributed by atoms with Gasteiger partial charge in [0.05, 0.1) is 6.67 Å². The van der Waals surface area contributed by atoms with Crippen molar-refractivity contribution < 1.29 is 4.39 Å². The van der Waals surface area contributed by atoms with E-state index < -0.39 is 0 Å². The molecule has 0 amide bonds. The number of hydrogen-bond acceptors (Lipinski definition) is 2. The Balaban J connectivity index is 2.86. The maximum atomic E-state index is 11.6. The van der Waals surface area contributed by atoms with E-state index in [1.165, 1.54) is 0 Å². The molecule has 0 bridgehead atoms. The Morgan fingerprint density at radius 3 is 2.75 bits per heavy atom. The van der Waals surface area contributed by atoms with Crippen molar-refractivity contribution in [1.82, 2.24) is 5.43 Å². The van der Waals surface area contributed by atoms with Crippen LogP contribution in [0, 0.1) is 5.92 Å². The summed E-state index contributed by atoms with van der Waals surface area (Å²) in [5.74, 6) is 5.10. The zero-order chi connectivity index (χ0) is 6.41. The highest BCUT2D eigenvalue weighted by Gasteiger charge is 1.97. The molecule has 0 fully saturated rings. The van der Waals surface area contributed by atoms with Gasteiger partial charge in [-0.15, -0.1) is 0 Å². The lowest BCUT2D eigenvalue weighted by molar-refractivity contribution is 0.361. The van der Waals surface area contributed by atoms with Gasteiger partial charge in [-0.3, -0.25) is 15.7 Å². The van der Waals surface area contributed by atoms with Crippen molar-refractivity contribution in [3.8, 4) is 0 Å². The molecule has 3 N–H and O–H groups in total. The number of hydrazine groups is 1. The first-order chi connectivity index (χ1) is 3.81. The van der Waals surface area contributed by atoms with Crippen LogP contribution in [0.2, 0.25) is 0 Å². The number of hydrogen-bond donors (Lipinski definition) is 2. The molecular formula is C5H13FN2. The zero-order valence-corrected chi connectivity index (χ0v) is 5.15. The molecule has 0 aromatic heterocycles. The van der Waals surface area contributed by atoms with Gasteiger partial charge in [0.25, 0.3) is 0 Å². The van der Waals surface area contributed by atoms with Crippen LogP contribution in [0.25, 0.3) is 0 Å². The summed E-state index contributed by atoms with van der Waals surface area (Å²) >= 11 is 0. The molecular weight excluding hydrogens is 107 g/mol. The van der Waals surface area contributed by atoms with Crippen LogP contribution >= 0.6 is 0 Å². The largest absolute Gasteiger partial charge is 0.271 e. The van der Waals surface area contributed by atoms with Gasteiger partial charge >= 0.3 is 0 Å². The topological polar surface area (TPSA) is 38.0 Å². The quantitative estimate of drug-likeness (QED) is 0.417. The van der Waals surface area contributed by atoms with Gasteiger partial charge in [0, 0.05) is 6.54 Å². The summed E-state index contributed by atoms with van der Waals surface area (Å²) in [5.41, 5.74) is 2.47. The molecule has 0 saturated heterocycles. The Kier molecular flexibility index (Phi) is 4.90. The van der Waals surface area contributed by atoms with Gasteiger partial charge in [0.1, 0.15) is 0 Å². The fraction of sp³-hybridized carbons (Fsp3) is 1.00. The summed E-state index contributed by atoms with van der Waals surface area (Å²) < 4.78 is 11.6. The molecule has 0 spiro atoms. The summed E-state index contributed by atoms with van der Waals surface area (Å²) in [6, 6.07) is 0. The summed E-state index contributed by atoms with van der Waals surface area (Å²) in [4.78, 5) is 0. The maximum absolute atomic E-state index is 11.6. The van der Waals surface area contributed by atoms with Crippen LogP contribution < -0.4 is 11.3 Å². The zero-order valence-electron chi connectivity index (χ0n) is 5.15. The van der Waals surface area contributed by atoms with Crippen molar-refractivity contribution in [2.75, 3.05) is 13.2 Å². The van der Waals surface area contributed by atoms with Crippen LogP contribution in [-0.4, -0.2) is 13.2 Å². The van der Waals surface area contributed by atoms with Gasteiger partial charge in [0.2, 0.25) is 0 Å². The molecule has 3 heteroatoms. The number of halogens is 1. The summed E-state index contributed by atoms with van der Waals surface area (Å²) in [6.45, 7) is 2.31. The Hall–Kier alpha value is -0.150. The van der Waals surface area contributed by atoms with Crippen molar-refractivity contribution in [2.45, 2.75) is 13.3 Å². The second kappa shape index (κ2) is 5.00. The van der Waals surface area contributed by atoms with Crippen LogP contribution in [0.1, 0.15) is 13.3 Å². The maximum Gasteiger partial charge on any atom is 0.0920 e. The van der Waals surface area contributed by atoms with Gasteiger partial charge in [-0.05, 0) is 12.3 Å². The van der Waals surface area contributed by atoms with Crippen LogP contribution in [0.5, 0.6) is 0 Å². The van der Waals surface area contributed by atoms with Crippen molar-refractivity contribution >= 4 is 0 Å². The number of nitrogens with two attached hydrogens (primary N) is 1. The van der Waals surface area contributed by atoms with Crippen LogP contribution in [0.15, 0.2) is 0 Å². The standard InChI is InChI=1S/C5H13FN2/c1-5(4-6)2-3-8-7/h5,8H,2-4,7H2,1H3/t5-/m0/s1. The first-order valence-electron chi connectivity index (χ1n) is 2.80. The highest BCUT2D eigenvalue weighted by Crippen LogP contribution is 1.98. The Labute approximate surface area is 49.2 Å². The SMILES string of the molecule is C[C@H](CF)CCNN. The molecule has 0 aromatic carbocycles. The van der Waals surface area contributed by atoms with E-state index in [-0.39, 0.29) is 12.6 Å². The molecule has 0 rings (SSSR count). The summed E-state index contributed by atoms with van der Waals surface area (Å²) in [5, 5.41) is 0. The van der Waals surface area contributed by atoms with E-state index in [1.807, 2.05) is 6.92 Å². The van der Waals surface area contributed by atoms with Crippen LogP contribution in [0.4, 0.5) is 4.39 Å². The molecule has 0 aliphatic heterocycles. The fourth-order valence-corrected chi connectivity index (χ4v) is 0.407. The molecule has 0 aromatic rings. The van der Waals surface area contributed by atoms with Gasteiger partial charge < -0.3 is 0 Å². The van der Waals surface area contributed by atoms with Crippen molar-refractivity contribution in [1.29, 1.82) is 0 Å². The molecule has 0 aliphatic rings.